The Bertz CT molecular complexity index is 1310. The average molecular weight is 448 g/mol. The van der Waals surface area contributed by atoms with E-state index >= 15 is 0 Å². The molecule has 32 heavy (non-hydrogen) atoms. The first-order valence-electron chi connectivity index (χ1n) is 9.64. The molecule has 4 rings (SSSR count). The van der Waals surface area contributed by atoms with Crippen LogP contribution < -0.4 is 15.4 Å². The summed E-state index contributed by atoms with van der Waals surface area (Å²) in [7, 11) is 0. The van der Waals surface area contributed by atoms with Crippen LogP contribution in [0.25, 0.3) is 10.9 Å². The Morgan fingerprint density at radius 2 is 1.94 bits per heavy atom. The SMILES string of the molecule is C=C[11C](=O)Nc1ccc2ncnc(Nc3ccc(OCc4cccc(F)c4)c(Cl)c3)c2c1. The molecule has 0 atom stereocenters. The number of nitrogens with zero attached hydrogens (tertiary/aromatic N) is 2. The summed E-state index contributed by atoms with van der Waals surface area (Å²) in [5, 5.41) is 7.05. The number of carbonyl (C=O) groups excluding carboxylic acids is 1. The third-order valence-electron chi connectivity index (χ3n) is 4.57. The Labute approximate surface area is 188 Å². The van der Waals surface area contributed by atoms with Crippen LogP contribution in [0.2, 0.25) is 5.02 Å². The van der Waals surface area contributed by atoms with Crippen LogP contribution in [-0.4, -0.2) is 15.9 Å². The van der Waals surface area contributed by atoms with Gasteiger partial charge in [0.2, 0.25) is 5.91 Å². The molecule has 8 heteroatoms. The number of carbonyl (C=O) groups is 1. The Kier molecular flexibility index (Phi) is 6.28. The quantitative estimate of drug-likeness (QED) is 0.346. The zero-order valence-electron chi connectivity index (χ0n) is 16.8. The van der Waals surface area contributed by atoms with Gasteiger partial charge in [0, 0.05) is 16.8 Å². The van der Waals surface area contributed by atoms with Crippen molar-refractivity contribution in [1.82, 2.24) is 9.97 Å². The number of hydrogen-bond donors (Lipinski definition) is 2. The number of ether oxygens (including phenoxy) is 1. The van der Waals surface area contributed by atoms with E-state index in [4.69, 9.17) is 16.3 Å². The largest absolute Gasteiger partial charge is 0.487 e. The van der Waals surface area contributed by atoms with Gasteiger partial charge in [-0.1, -0.05) is 30.3 Å². The topological polar surface area (TPSA) is 76.1 Å². The molecule has 0 radical (unpaired) electrons. The molecule has 0 aliphatic rings. The predicted octanol–water partition coefficient (Wildman–Crippen LogP) is 5.87. The number of nitrogens with one attached hydrogen (secondary N) is 2. The van der Waals surface area contributed by atoms with E-state index in [1.54, 1.807) is 48.5 Å². The predicted molar refractivity (Wildman–Crippen MR) is 124 cm³/mol. The van der Waals surface area contributed by atoms with Crippen molar-refractivity contribution in [3.63, 3.8) is 0 Å². The van der Waals surface area contributed by atoms with Crippen LogP contribution in [0, 0.1) is 5.82 Å². The van der Waals surface area contributed by atoms with E-state index in [1.165, 1.54) is 24.5 Å². The van der Waals surface area contributed by atoms with Crippen LogP contribution in [0.1, 0.15) is 5.56 Å². The van der Waals surface area contributed by atoms with Gasteiger partial charge in [-0.15, -0.1) is 0 Å². The van der Waals surface area contributed by atoms with Gasteiger partial charge in [0.1, 0.15) is 30.3 Å². The fourth-order valence-electron chi connectivity index (χ4n) is 3.05. The number of fused-ring (bicyclic) bond motifs is 1. The molecule has 1 aromatic heterocycles. The highest BCUT2D eigenvalue weighted by Gasteiger charge is 2.09. The van der Waals surface area contributed by atoms with Gasteiger partial charge in [0.25, 0.3) is 0 Å². The standard InChI is InChI=1S/C24H18ClFN4O2/c1-2-23(31)29-17-6-8-21-19(11-17)24(28-14-27-21)30-18-7-9-22(20(25)12-18)32-13-15-4-3-5-16(26)10-15/h2-12,14H,1,13H2,(H,29,31)(H,27,28,30)/i23-1. The Morgan fingerprint density at radius 3 is 2.72 bits per heavy atom. The van der Waals surface area contributed by atoms with E-state index in [0.717, 1.165) is 5.39 Å². The first-order chi connectivity index (χ1) is 15.5. The number of aromatic nitrogens is 2. The highest BCUT2D eigenvalue weighted by atomic mass is 35.5. The molecule has 6 nitrogen and oxygen atoms in total. The second kappa shape index (κ2) is 9.45. The molecule has 0 saturated carbocycles. The van der Waals surface area contributed by atoms with Crippen LogP contribution in [0.4, 0.5) is 21.6 Å². The van der Waals surface area contributed by atoms with Gasteiger partial charge in [-0.3, -0.25) is 4.79 Å². The highest BCUT2D eigenvalue weighted by Crippen LogP contribution is 2.31. The van der Waals surface area contributed by atoms with Crippen molar-refractivity contribution < 1.29 is 13.9 Å². The van der Waals surface area contributed by atoms with Gasteiger partial charge >= 0.3 is 0 Å². The molecule has 4 aromatic rings. The molecule has 160 valence electrons. The summed E-state index contributed by atoms with van der Waals surface area (Å²) in [5.41, 5.74) is 2.70. The van der Waals surface area contributed by atoms with Gasteiger partial charge in [-0.2, -0.15) is 0 Å². The Hall–Kier alpha value is -3.97. The monoisotopic (exact) mass is 447 g/mol. The van der Waals surface area contributed by atoms with Gasteiger partial charge in [0.15, 0.2) is 0 Å². The molecule has 0 unspecified atom stereocenters. The lowest BCUT2D eigenvalue weighted by Gasteiger charge is -2.12. The lowest BCUT2D eigenvalue weighted by molar-refractivity contribution is -0.111. The van der Waals surface area contributed by atoms with Gasteiger partial charge < -0.3 is 15.4 Å². The van der Waals surface area contributed by atoms with Crippen LogP contribution >= 0.6 is 11.6 Å². The van der Waals surface area contributed by atoms with Gasteiger partial charge in [-0.25, -0.2) is 14.4 Å². The molecule has 2 N–H and O–H groups in total. The van der Waals surface area contributed by atoms with Crippen molar-refractivity contribution in [3.05, 3.63) is 96.0 Å². The van der Waals surface area contributed by atoms with Crippen LogP contribution in [0.5, 0.6) is 5.75 Å². The maximum atomic E-state index is 13.3. The Morgan fingerprint density at radius 1 is 1.09 bits per heavy atom. The number of amides is 1. The van der Waals surface area contributed by atoms with E-state index in [9.17, 15) is 9.18 Å². The van der Waals surface area contributed by atoms with Gasteiger partial charge in [0.05, 0.1) is 10.5 Å². The molecule has 0 bridgehead atoms. The maximum absolute atomic E-state index is 13.3. The summed E-state index contributed by atoms with van der Waals surface area (Å²) in [6.45, 7) is 3.65. The fraction of sp³-hybridized carbons (Fsp3) is 0.0417. The van der Waals surface area contributed by atoms with Crippen LogP contribution in [-0.2, 0) is 11.4 Å². The normalized spacial score (nSPS) is 10.6. The summed E-state index contributed by atoms with van der Waals surface area (Å²) >= 11 is 6.38. The second-order valence-electron chi connectivity index (χ2n) is 6.84. The number of anilines is 3. The molecule has 0 aliphatic carbocycles. The number of hydrogen-bond acceptors (Lipinski definition) is 5. The first-order valence-corrected chi connectivity index (χ1v) is 10.0. The average Bonchev–Trinajstić information content (AvgIpc) is 2.79. The molecule has 0 aliphatic heterocycles. The zero-order valence-corrected chi connectivity index (χ0v) is 17.6. The van der Waals surface area contributed by atoms with E-state index in [1.807, 2.05) is 0 Å². The summed E-state index contributed by atoms with van der Waals surface area (Å²) in [5.74, 6) is 0.398. The number of benzene rings is 3. The minimum absolute atomic E-state index is 0.194. The molecule has 1 amide bonds. The van der Waals surface area contributed by atoms with Crippen molar-refractivity contribution in [3.8, 4) is 5.75 Å². The number of halogens is 2. The van der Waals surface area contributed by atoms with Crippen molar-refractivity contribution in [1.29, 1.82) is 0 Å². The van der Waals surface area contributed by atoms with E-state index in [-0.39, 0.29) is 18.3 Å². The van der Waals surface area contributed by atoms with Crippen LogP contribution in [0.3, 0.4) is 0 Å². The Balaban J connectivity index is 1.53. The van der Waals surface area contributed by atoms with Gasteiger partial charge in [-0.05, 0) is 60.2 Å². The van der Waals surface area contributed by atoms with E-state index in [2.05, 4.69) is 27.2 Å². The van der Waals surface area contributed by atoms with Crippen molar-refractivity contribution >= 4 is 45.6 Å². The summed E-state index contributed by atoms with van der Waals surface area (Å²) in [4.78, 5) is 20.2. The van der Waals surface area contributed by atoms with Crippen molar-refractivity contribution in [2.75, 3.05) is 10.6 Å². The zero-order chi connectivity index (χ0) is 22.5. The maximum Gasteiger partial charge on any atom is 0.247 e. The summed E-state index contributed by atoms with van der Waals surface area (Å²) in [6, 6.07) is 16.7. The molecule has 0 spiro atoms. The fourth-order valence-corrected chi connectivity index (χ4v) is 3.28. The lowest BCUT2D eigenvalue weighted by atomic mass is 10.0. The smallest absolute Gasteiger partial charge is 0.247 e. The first kappa shape index (κ1) is 21.3. The van der Waals surface area contributed by atoms with E-state index in [0.29, 0.717) is 39.0 Å². The molecule has 0 fully saturated rings. The highest BCUT2D eigenvalue weighted by molar-refractivity contribution is 6.32. The summed E-state index contributed by atoms with van der Waals surface area (Å²) in [6.07, 6.45) is 2.65. The third-order valence-corrected chi connectivity index (χ3v) is 4.86. The molecular weight excluding hydrogens is 430 g/mol. The lowest BCUT2D eigenvalue weighted by Crippen LogP contribution is -2.07. The van der Waals surface area contributed by atoms with Crippen molar-refractivity contribution in [2.24, 2.45) is 0 Å². The van der Waals surface area contributed by atoms with Crippen LogP contribution in [0.15, 0.2) is 79.6 Å². The molecule has 1 heterocycles. The third kappa shape index (κ3) is 5.01. The molecule has 0 saturated heterocycles. The minimum atomic E-state index is -0.318. The summed E-state index contributed by atoms with van der Waals surface area (Å²) < 4.78 is 19.0. The van der Waals surface area contributed by atoms with E-state index < -0.39 is 0 Å². The second-order valence-corrected chi connectivity index (χ2v) is 7.24. The molecular formula is C24H18ClFN4O2. The minimum Gasteiger partial charge on any atom is -0.487 e. The van der Waals surface area contributed by atoms with Crippen molar-refractivity contribution in [2.45, 2.75) is 6.61 Å². The molecule has 3 aromatic carbocycles. The number of rotatable bonds is 7.